The van der Waals surface area contributed by atoms with E-state index in [-0.39, 0.29) is 5.91 Å². The van der Waals surface area contributed by atoms with E-state index in [1.54, 1.807) is 31.2 Å². The Morgan fingerprint density at radius 3 is 2.50 bits per heavy atom. The molecule has 0 aliphatic heterocycles. The number of methoxy groups -OCH3 is 1. The van der Waals surface area contributed by atoms with Crippen molar-refractivity contribution in [1.82, 2.24) is 4.90 Å². The highest BCUT2D eigenvalue weighted by Crippen LogP contribution is 2.15. The molecule has 0 aliphatic rings. The maximum Gasteiger partial charge on any atom is 0.253 e. The van der Waals surface area contributed by atoms with Gasteiger partial charge in [-0.05, 0) is 35.9 Å². The second-order valence-electron chi connectivity index (χ2n) is 4.56. The first-order valence-corrected chi connectivity index (χ1v) is 6.72. The van der Waals surface area contributed by atoms with Gasteiger partial charge in [-0.1, -0.05) is 18.2 Å². The monoisotopic (exact) mass is 287 g/mol. The summed E-state index contributed by atoms with van der Waals surface area (Å²) in [6.45, 7) is 0.555. The zero-order chi connectivity index (χ0) is 14.5. The standard InChI is InChI=1S/C16H17NO2S/c1-17(11-12-6-8-14(19-2)9-7-12)16(18)13-4-3-5-15(20)10-13/h3-10,20H,11H2,1-2H3. The van der Waals surface area contributed by atoms with E-state index in [1.807, 2.05) is 36.4 Å². The van der Waals surface area contributed by atoms with E-state index >= 15 is 0 Å². The molecule has 0 saturated carbocycles. The second-order valence-corrected chi connectivity index (χ2v) is 5.08. The van der Waals surface area contributed by atoms with Gasteiger partial charge in [-0.2, -0.15) is 0 Å². The Balaban J connectivity index is 2.07. The minimum absolute atomic E-state index is 0.0169. The van der Waals surface area contributed by atoms with E-state index in [1.165, 1.54) is 0 Å². The predicted molar refractivity (Wildman–Crippen MR) is 82.5 cm³/mol. The molecular formula is C16H17NO2S. The lowest BCUT2D eigenvalue weighted by atomic mass is 10.1. The van der Waals surface area contributed by atoms with Crippen LogP contribution in [0.2, 0.25) is 0 Å². The van der Waals surface area contributed by atoms with Crippen molar-refractivity contribution in [2.24, 2.45) is 0 Å². The van der Waals surface area contributed by atoms with Crippen LogP contribution in [0.4, 0.5) is 0 Å². The summed E-state index contributed by atoms with van der Waals surface area (Å²) < 4.78 is 5.12. The second kappa shape index (κ2) is 6.48. The summed E-state index contributed by atoms with van der Waals surface area (Å²) in [5.41, 5.74) is 1.71. The molecule has 1 amide bonds. The highest BCUT2D eigenvalue weighted by atomic mass is 32.1. The van der Waals surface area contributed by atoms with Crippen molar-refractivity contribution in [1.29, 1.82) is 0 Å². The van der Waals surface area contributed by atoms with Gasteiger partial charge in [0, 0.05) is 24.1 Å². The Hall–Kier alpha value is -1.94. The van der Waals surface area contributed by atoms with Crippen LogP contribution in [0.3, 0.4) is 0 Å². The summed E-state index contributed by atoms with van der Waals surface area (Å²) in [7, 11) is 3.42. The van der Waals surface area contributed by atoms with Crippen LogP contribution in [0.15, 0.2) is 53.4 Å². The fraction of sp³-hybridized carbons (Fsp3) is 0.188. The minimum atomic E-state index is -0.0169. The predicted octanol–water partition coefficient (Wildman–Crippen LogP) is 3.26. The van der Waals surface area contributed by atoms with Gasteiger partial charge in [0.1, 0.15) is 5.75 Å². The average Bonchev–Trinajstić information content (AvgIpc) is 2.47. The van der Waals surface area contributed by atoms with Gasteiger partial charge in [-0.25, -0.2) is 0 Å². The summed E-state index contributed by atoms with van der Waals surface area (Å²) >= 11 is 4.25. The van der Waals surface area contributed by atoms with Gasteiger partial charge in [-0.15, -0.1) is 12.6 Å². The molecule has 0 aromatic heterocycles. The SMILES string of the molecule is COc1ccc(CN(C)C(=O)c2cccc(S)c2)cc1. The Bertz CT molecular complexity index is 596. The minimum Gasteiger partial charge on any atom is -0.497 e. The molecule has 0 N–H and O–H groups in total. The largest absolute Gasteiger partial charge is 0.497 e. The zero-order valence-corrected chi connectivity index (χ0v) is 12.4. The smallest absolute Gasteiger partial charge is 0.253 e. The molecule has 0 aliphatic carbocycles. The van der Waals surface area contributed by atoms with Crippen molar-refractivity contribution in [3.8, 4) is 5.75 Å². The van der Waals surface area contributed by atoms with Crippen LogP contribution in [-0.4, -0.2) is 25.0 Å². The Morgan fingerprint density at radius 2 is 1.90 bits per heavy atom. The van der Waals surface area contributed by atoms with Gasteiger partial charge in [0.05, 0.1) is 7.11 Å². The molecule has 2 aromatic rings. The van der Waals surface area contributed by atoms with E-state index in [0.717, 1.165) is 16.2 Å². The molecule has 0 saturated heterocycles. The highest BCUT2D eigenvalue weighted by Gasteiger charge is 2.12. The summed E-state index contributed by atoms with van der Waals surface area (Å²) in [4.78, 5) is 14.8. The number of rotatable bonds is 4. The van der Waals surface area contributed by atoms with Crippen LogP contribution in [0.5, 0.6) is 5.75 Å². The lowest BCUT2D eigenvalue weighted by Crippen LogP contribution is -2.26. The third kappa shape index (κ3) is 3.54. The van der Waals surface area contributed by atoms with E-state index in [0.29, 0.717) is 12.1 Å². The molecule has 2 aromatic carbocycles. The van der Waals surface area contributed by atoms with Crippen molar-refractivity contribution < 1.29 is 9.53 Å². The van der Waals surface area contributed by atoms with E-state index in [4.69, 9.17) is 4.74 Å². The number of carbonyl (C=O) groups excluding carboxylic acids is 1. The number of hydrogen-bond donors (Lipinski definition) is 1. The van der Waals surface area contributed by atoms with E-state index < -0.39 is 0 Å². The van der Waals surface area contributed by atoms with Gasteiger partial charge in [-0.3, -0.25) is 4.79 Å². The van der Waals surface area contributed by atoms with Crippen LogP contribution in [-0.2, 0) is 6.54 Å². The van der Waals surface area contributed by atoms with E-state index in [9.17, 15) is 4.79 Å². The average molecular weight is 287 g/mol. The molecule has 0 bridgehead atoms. The van der Waals surface area contributed by atoms with Crippen molar-refractivity contribution in [2.45, 2.75) is 11.4 Å². The molecule has 2 rings (SSSR count). The fourth-order valence-corrected chi connectivity index (χ4v) is 2.16. The molecule has 0 spiro atoms. The lowest BCUT2D eigenvalue weighted by Gasteiger charge is -2.17. The summed E-state index contributed by atoms with van der Waals surface area (Å²) in [6.07, 6.45) is 0. The number of benzene rings is 2. The van der Waals surface area contributed by atoms with Crippen molar-refractivity contribution >= 4 is 18.5 Å². The van der Waals surface area contributed by atoms with Gasteiger partial charge in [0.2, 0.25) is 0 Å². The quantitative estimate of drug-likeness (QED) is 0.875. The number of ether oxygens (including phenoxy) is 1. The molecule has 20 heavy (non-hydrogen) atoms. The molecular weight excluding hydrogens is 270 g/mol. The Morgan fingerprint density at radius 1 is 1.20 bits per heavy atom. The summed E-state index contributed by atoms with van der Waals surface area (Å²) in [6, 6.07) is 14.9. The van der Waals surface area contributed by atoms with Crippen molar-refractivity contribution in [3.05, 3.63) is 59.7 Å². The van der Waals surface area contributed by atoms with Crippen LogP contribution in [0.1, 0.15) is 15.9 Å². The zero-order valence-electron chi connectivity index (χ0n) is 11.5. The first kappa shape index (κ1) is 14.5. The number of nitrogens with zero attached hydrogens (tertiary/aromatic N) is 1. The van der Waals surface area contributed by atoms with Gasteiger partial charge in [0.15, 0.2) is 0 Å². The molecule has 0 atom stereocenters. The molecule has 4 heteroatoms. The topological polar surface area (TPSA) is 29.5 Å². The first-order valence-electron chi connectivity index (χ1n) is 6.27. The third-order valence-corrected chi connectivity index (χ3v) is 3.30. The summed E-state index contributed by atoms with van der Waals surface area (Å²) in [5, 5.41) is 0. The van der Waals surface area contributed by atoms with Crippen LogP contribution >= 0.6 is 12.6 Å². The van der Waals surface area contributed by atoms with Crippen molar-refractivity contribution in [2.75, 3.05) is 14.2 Å². The highest BCUT2D eigenvalue weighted by molar-refractivity contribution is 7.80. The Kier molecular flexibility index (Phi) is 4.69. The van der Waals surface area contributed by atoms with Crippen molar-refractivity contribution in [3.63, 3.8) is 0 Å². The summed E-state index contributed by atoms with van der Waals surface area (Å²) in [5.74, 6) is 0.794. The molecule has 0 radical (unpaired) electrons. The Labute approximate surface area is 124 Å². The normalized spacial score (nSPS) is 10.2. The number of amides is 1. The molecule has 0 heterocycles. The number of thiol groups is 1. The number of carbonyl (C=O) groups is 1. The fourth-order valence-electron chi connectivity index (χ4n) is 1.94. The van der Waals surface area contributed by atoms with Gasteiger partial charge >= 0.3 is 0 Å². The van der Waals surface area contributed by atoms with Crippen LogP contribution < -0.4 is 4.74 Å². The maximum absolute atomic E-state index is 12.3. The first-order chi connectivity index (χ1) is 9.60. The molecule has 0 fully saturated rings. The van der Waals surface area contributed by atoms with E-state index in [2.05, 4.69) is 12.6 Å². The van der Waals surface area contributed by atoms with Crippen LogP contribution in [0.25, 0.3) is 0 Å². The lowest BCUT2D eigenvalue weighted by molar-refractivity contribution is 0.0785. The molecule has 3 nitrogen and oxygen atoms in total. The van der Waals surface area contributed by atoms with Crippen LogP contribution in [0, 0.1) is 0 Å². The molecule has 104 valence electrons. The third-order valence-electron chi connectivity index (χ3n) is 3.02. The maximum atomic E-state index is 12.3. The molecule has 0 unspecified atom stereocenters. The number of hydrogen-bond acceptors (Lipinski definition) is 3. The van der Waals surface area contributed by atoms with Gasteiger partial charge < -0.3 is 9.64 Å². The van der Waals surface area contributed by atoms with Gasteiger partial charge in [0.25, 0.3) is 5.91 Å².